The highest BCUT2D eigenvalue weighted by Crippen LogP contribution is 2.12. The molecule has 8 heteroatoms. The Kier molecular flexibility index (Phi) is 5.62. The van der Waals surface area contributed by atoms with Crippen molar-refractivity contribution in [2.75, 3.05) is 31.2 Å². The third-order valence-electron chi connectivity index (χ3n) is 2.79. The number of anilines is 1. The lowest BCUT2D eigenvalue weighted by molar-refractivity contribution is 0.0948. The average molecular weight is 332 g/mol. The van der Waals surface area contributed by atoms with E-state index in [9.17, 15) is 13.2 Å². The normalized spacial score (nSPS) is 14.0. The van der Waals surface area contributed by atoms with Crippen LogP contribution in [-0.4, -0.2) is 50.5 Å². The number of Topliss-reactive ketones (excluding diaryl/α,β-unsaturated/α-hetero) is 1. The molecule has 0 aromatic heterocycles. The number of hydrogen-bond acceptors (Lipinski definition) is 5. The minimum atomic E-state index is -3.29. The highest BCUT2D eigenvalue weighted by molar-refractivity contribution is 7.92. The largest absolute Gasteiger partial charge is 0.362 e. The topological polar surface area (TPSA) is 69.7 Å². The Balaban J connectivity index is 0.00000220. The van der Waals surface area contributed by atoms with Gasteiger partial charge in [0.05, 0.1) is 19.5 Å². The van der Waals surface area contributed by atoms with Gasteiger partial charge in [-0.2, -0.15) is 0 Å². The molecule has 1 aliphatic heterocycles. The quantitative estimate of drug-likeness (QED) is 0.824. The first kappa shape index (κ1) is 17.3. The molecule has 6 nitrogen and oxygen atoms in total. The lowest BCUT2D eigenvalue weighted by Crippen LogP contribution is -2.28. The Morgan fingerprint density at radius 1 is 1.24 bits per heavy atom. The van der Waals surface area contributed by atoms with Crippen LogP contribution in [0.3, 0.4) is 0 Å². The molecular formula is C13H18ClN3O3S. The number of rotatable bonds is 5. The molecule has 1 aromatic carbocycles. The Morgan fingerprint density at radius 3 is 2.33 bits per heavy atom. The van der Waals surface area contributed by atoms with Crippen molar-refractivity contribution in [3.63, 3.8) is 0 Å². The van der Waals surface area contributed by atoms with E-state index in [-0.39, 0.29) is 18.2 Å². The summed E-state index contributed by atoms with van der Waals surface area (Å²) >= 11 is 0. The van der Waals surface area contributed by atoms with Crippen LogP contribution in [0.5, 0.6) is 0 Å². The third-order valence-corrected chi connectivity index (χ3v) is 3.40. The van der Waals surface area contributed by atoms with Crippen molar-refractivity contribution in [3.8, 4) is 0 Å². The molecule has 0 fully saturated rings. The fourth-order valence-electron chi connectivity index (χ4n) is 1.91. The van der Waals surface area contributed by atoms with E-state index in [1.807, 2.05) is 29.2 Å². The number of carbonyl (C=O) groups excluding carboxylic acids is 1. The Hall–Kier alpha value is -1.73. The average Bonchev–Trinajstić information content (AvgIpc) is 2.73. The van der Waals surface area contributed by atoms with Crippen LogP contribution in [0.25, 0.3) is 0 Å². The van der Waals surface area contributed by atoms with Gasteiger partial charge in [-0.25, -0.2) is 8.42 Å². The number of benzene rings is 1. The zero-order chi connectivity index (χ0) is 14.8. The van der Waals surface area contributed by atoms with Gasteiger partial charge in [-0.15, -0.1) is 12.4 Å². The van der Waals surface area contributed by atoms with Gasteiger partial charge >= 0.3 is 0 Å². The SMILES string of the molecule is CN1C=CN(CC(=O)c2ccc(NS(C)(=O)=O)cc2)C1.Cl. The molecule has 0 bridgehead atoms. The maximum atomic E-state index is 12.1. The van der Waals surface area contributed by atoms with Gasteiger partial charge in [-0.1, -0.05) is 0 Å². The third kappa shape index (κ3) is 5.28. The number of sulfonamides is 1. The van der Waals surface area contributed by atoms with Gasteiger partial charge in [0, 0.05) is 30.7 Å². The number of halogens is 1. The molecule has 0 saturated carbocycles. The van der Waals surface area contributed by atoms with Crippen molar-refractivity contribution in [1.82, 2.24) is 9.80 Å². The molecule has 2 rings (SSSR count). The number of hydrogen-bond donors (Lipinski definition) is 1. The summed E-state index contributed by atoms with van der Waals surface area (Å²) in [4.78, 5) is 16.0. The fourth-order valence-corrected chi connectivity index (χ4v) is 2.47. The predicted octanol–water partition coefficient (Wildman–Crippen LogP) is 1.34. The first-order valence-electron chi connectivity index (χ1n) is 6.07. The van der Waals surface area contributed by atoms with E-state index < -0.39 is 10.0 Å². The summed E-state index contributed by atoms with van der Waals surface area (Å²) in [7, 11) is -1.36. The maximum absolute atomic E-state index is 12.1. The van der Waals surface area contributed by atoms with Crippen molar-refractivity contribution in [3.05, 3.63) is 42.2 Å². The summed E-state index contributed by atoms with van der Waals surface area (Å²) in [5.41, 5.74) is 1.01. The second-order valence-corrected chi connectivity index (χ2v) is 6.57. The molecule has 1 N–H and O–H groups in total. The molecule has 21 heavy (non-hydrogen) atoms. The minimum absolute atomic E-state index is 0. The van der Waals surface area contributed by atoms with Gasteiger partial charge in [0.1, 0.15) is 0 Å². The second kappa shape index (κ2) is 6.82. The van der Waals surface area contributed by atoms with Gasteiger partial charge < -0.3 is 9.80 Å². The van der Waals surface area contributed by atoms with E-state index in [1.165, 1.54) is 0 Å². The van der Waals surface area contributed by atoms with E-state index in [0.29, 0.717) is 24.5 Å². The molecule has 0 saturated heterocycles. The zero-order valence-corrected chi connectivity index (χ0v) is 13.4. The maximum Gasteiger partial charge on any atom is 0.229 e. The van der Waals surface area contributed by atoms with Crippen LogP contribution in [-0.2, 0) is 10.0 Å². The van der Waals surface area contributed by atoms with Crippen LogP contribution >= 0.6 is 12.4 Å². The Bertz CT molecular complexity index is 629. The van der Waals surface area contributed by atoms with Gasteiger partial charge in [-0.3, -0.25) is 9.52 Å². The summed E-state index contributed by atoms with van der Waals surface area (Å²) in [5, 5.41) is 0. The van der Waals surface area contributed by atoms with E-state index in [0.717, 1.165) is 6.26 Å². The van der Waals surface area contributed by atoms with Crippen molar-refractivity contribution >= 4 is 33.9 Å². The first-order valence-corrected chi connectivity index (χ1v) is 7.96. The van der Waals surface area contributed by atoms with Crippen LogP contribution < -0.4 is 4.72 Å². The van der Waals surface area contributed by atoms with Crippen LogP contribution in [0.4, 0.5) is 5.69 Å². The minimum Gasteiger partial charge on any atom is -0.362 e. The molecule has 0 radical (unpaired) electrons. The molecule has 0 spiro atoms. The van der Waals surface area contributed by atoms with Crippen molar-refractivity contribution in [2.24, 2.45) is 0 Å². The number of carbonyl (C=O) groups is 1. The molecule has 1 aliphatic rings. The molecule has 0 atom stereocenters. The predicted molar refractivity (Wildman–Crippen MR) is 85.0 cm³/mol. The first-order chi connectivity index (χ1) is 9.33. The van der Waals surface area contributed by atoms with Crippen LogP contribution in [0, 0.1) is 0 Å². The zero-order valence-electron chi connectivity index (χ0n) is 11.8. The summed E-state index contributed by atoms with van der Waals surface area (Å²) in [6.45, 7) is 0.999. The van der Waals surface area contributed by atoms with Crippen molar-refractivity contribution in [1.29, 1.82) is 0 Å². The second-order valence-electron chi connectivity index (χ2n) is 4.82. The molecule has 116 valence electrons. The number of ketones is 1. The molecule has 0 amide bonds. The van der Waals surface area contributed by atoms with E-state index in [1.54, 1.807) is 24.3 Å². The van der Waals surface area contributed by atoms with Crippen LogP contribution in [0.2, 0.25) is 0 Å². The van der Waals surface area contributed by atoms with Crippen LogP contribution in [0.1, 0.15) is 10.4 Å². The molecule has 0 aliphatic carbocycles. The van der Waals surface area contributed by atoms with Gasteiger partial charge in [0.25, 0.3) is 0 Å². The Morgan fingerprint density at radius 2 is 1.86 bits per heavy atom. The highest BCUT2D eigenvalue weighted by Gasteiger charge is 2.14. The summed E-state index contributed by atoms with van der Waals surface area (Å²) in [5.74, 6) is -0.00384. The highest BCUT2D eigenvalue weighted by atomic mass is 35.5. The standard InChI is InChI=1S/C13H17N3O3S.ClH/c1-15-7-8-16(10-15)9-13(17)11-3-5-12(6-4-11)14-20(2,18)19;/h3-8,14H,9-10H2,1-2H3;1H. The lowest BCUT2D eigenvalue weighted by Gasteiger charge is -2.17. The molecule has 0 unspecified atom stereocenters. The van der Waals surface area contributed by atoms with Crippen molar-refractivity contribution < 1.29 is 13.2 Å². The van der Waals surface area contributed by atoms with Crippen LogP contribution in [0.15, 0.2) is 36.7 Å². The number of nitrogens with one attached hydrogen (secondary N) is 1. The van der Waals surface area contributed by atoms with Gasteiger partial charge in [0.2, 0.25) is 10.0 Å². The Labute approximate surface area is 130 Å². The van der Waals surface area contributed by atoms with E-state index in [4.69, 9.17) is 0 Å². The summed E-state index contributed by atoms with van der Waals surface area (Å²) < 4.78 is 24.5. The summed E-state index contributed by atoms with van der Waals surface area (Å²) in [6, 6.07) is 6.42. The van der Waals surface area contributed by atoms with Gasteiger partial charge in [-0.05, 0) is 24.3 Å². The van der Waals surface area contributed by atoms with Crippen molar-refractivity contribution in [2.45, 2.75) is 0 Å². The molecular weight excluding hydrogens is 314 g/mol. The van der Waals surface area contributed by atoms with E-state index in [2.05, 4.69) is 4.72 Å². The molecule has 1 aromatic rings. The lowest BCUT2D eigenvalue weighted by atomic mass is 10.1. The summed E-state index contributed by atoms with van der Waals surface area (Å²) in [6.07, 6.45) is 4.87. The van der Waals surface area contributed by atoms with E-state index >= 15 is 0 Å². The fraction of sp³-hybridized carbons (Fsp3) is 0.308. The molecule has 1 heterocycles. The smallest absolute Gasteiger partial charge is 0.229 e. The van der Waals surface area contributed by atoms with Gasteiger partial charge in [0.15, 0.2) is 5.78 Å². The monoisotopic (exact) mass is 331 g/mol. The number of nitrogens with zero attached hydrogens (tertiary/aromatic N) is 2.